The molecule has 0 aliphatic rings. The lowest BCUT2D eigenvalue weighted by molar-refractivity contribution is 1.08. The summed E-state index contributed by atoms with van der Waals surface area (Å²) < 4.78 is 2.44. The number of aromatic nitrogens is 4. The molecule has 3 aromatic heterocycles. The molecule has 0 saturated heterocycles. The van der Waals surface area contributed by atoms with Crippen LogP contribution in [0.25, 0.3) is 76.6 Å². The van der Waals surface area contributed by atoms with Gasteiger partial charge in [0, 0.05) is 49.3 Å². The predicted octanol–water partition coefficient (Wildman–Crippen LogP) is 11.0. The summed E-state index contributed by atoms with van der Waals surface area (Å²) in [6.45, 7) is 4.00. The minimum absolute atomic E-state index is 0.662. The first-order valence-corrected chi connectivity index (χ1v) is 16.0. The van der Waals surface area contributed by atoms with Crippen LogP contribution in [0, 0.1) is 0 Å². The fourth-order valence-corrected chi connectivity index (χ4v) is 6.62. The van der Waals surface area contributed by atoms with Crippen molar-refractivity contribution in [3.8, 4) is 56.4 Å². The van der Waals surface area contributed by atoms with Crippen molar-refractivity contribution in [3.63, 3.8) is 0 Å². The van der Waals surface area contributed by atoms with Gasteiger partial charge in [-0.1, -0.05) is 123 Å². The third-order valence-electron chi connectivity index (χ3n) is 7.65. The Kier molecular flexibility index (Phi) is 7.92. The molecule has 4 nitrogen and oxygen atoms in total. The lowest BCUT2D eigenvalue weighted by Crippen LogP contribution is -2.00. The second-order valence-corrected chi connectivity index (χ2v) is 11.4. The van der Waals surface area contributed by atoms with E-state index in [0.717, 1.165) is 27.8 Å². The van der Waals surface area contributed by atoms with Crippen LogP contribution >= 0.6 is 11.3 Å². The normalized spacial score (nSPS) is 10.9. The van der Waals surface area contributed by atoms with Crippen LogP contribution in [0.1, 0.15) is 13.8 Å². The number of nitrogens with zero attached hydrogens (tertiary/aromatic N) is 4. The van der Waals surface area contributed by atoms with Gasteiger partial charge in [-0.05, 0) is 46.5 Å². The van der Waals surface area contributed by atoms with Crippen molar-refractivity contribution in [1.29, 1.82) is 0 Å². The molecule has 45 heavy (non-hydrogen) atoms. The van der Waals surface area contributed by atoms with E-state index in [-0.39, 0.29) is 0 Å². The second-order valence-electron chi connectivity index (χ2n) is 10.3. The van der Waals surface area contributed by atoms with Gasteiger partial charge in [-0.15, -0.1) is 11.3 Å². The maximum absolute atomic E-state index is 5.03. The Labute approximate surface area is 266 Å². The van der Waals surface area contributed by atoms with Gasteiger partial charge >= 0.3 is 0 Å². The molecule has 0 spiro atoms. The number of pyridine rings is 1. The molecule has 5 heteroatoms. The van der Waals surface area contributed by atoms with Gasteiger partial charge in [-0.3, -0.25) is 4.98 Å². The third kappa shape index (κ3) is 5.62. The number of hydrogen-bond acceptors (Lipinski definition) is 5. The zero-order chi connectivity index (χ0) is 30.6. The van der Waals surface area contributed by atoms with Gasteiger partial charge in [0.1, 0.15) is 0 Å². The Bertz CT molecular complexity index is 2150. The highest BCUT2D eigenvalue weighted by Gasteiger charge is 2.17. The van der Waals surface area contributed by atoms with Crippen molar-refractivity contribution >= 4 is 31.5 Å². The smallest absolute Gasteiger partial charge is 0.164 e. The molecule has 0 aliphatic carbocycles. The topological polar surface area (TPSA) is 51.6 Å². The summed E-state index contributed by atoms with van der Waals surface area (Å²) in [5, 5.41) is 2.37. The van der Waals surface area contributed by atoms with Crippen LogP contribution in [0.15, 0.2) is 146 Å². The number of benzene rings is 5. The lowest BCUT2D eigenvalue weighted by Gasteiger charge is -2.10. The van der Waals surface area contributed by atoms with Gasteiger partial charge < -0.3 is 0 Å². The second kappa shape index (κ2) is 12.6. The summed E-state index contributed by atoms with van der Waals surface area (Å²) in [7, 11) is 0. The molecule has 0 amide bonds. The summed E-state index contributed by atoms with van der Waals surface area (Å²) in [6, 6.07) is 46.1. The molecule has 3 heterocycles. The number of hydrogen-bond donors (Lipinski definition) is 0. The highest BCUT2D eigenvalue weighted by molar-refractivity contribution is 7.25. The van der Waals surface area contributed by atoms with E-state index in [1.807, 2.05) is 86.8 Å². The Morgan fingerprint density at radius 2 is 1.02 bits per heavy atom. The molecular weight excluding hydrogens is 569 g/mol. The quantitative estimate of drug-likeness (QED) is 0.198. The van der Waals surface area contributed by atoms with Gasteiger partial charge in [-0.25, -0.2) is 15.0 Å². The summed E-state index contributed by atoms with van der Waals surface area (Å²) in [5.41, 5.74) is 7.53. The SMILES string of the molecule is CC.c1ccc(-c2nc(-c3ccccc3)nc(-c3cccc4sc5ccc(-c6ccc(-c7cccnc7)cc6)cc5c34)n2)cc1. The van der Waals surface area contributed by atoms with Gasteiger partial charge in [0.15, 0.2) is 17.5 Å². The number of fused-ring (bicyclic) bond motifs is 3. The van der Waals surface area contributed by atoms with Crippen LogP contribution in [-0.4, -0.2) is 19.9 Å². The summed E-state index contributed by atoms with van der Waals surface area (Å²) in [5.74, 6) is 2.00. The molecule has 0 aliphatic heterocycles. The zero-order valence-electron chi connectivity index (χ0n) is 25.1. The largest absolute Gasteiger partial charge is 0.264 e. The van der Waals surface area contributed by atoms with Crippen LogP contribution in [-0.2, 0) is 0 Å². The van der Waals surface area contributed by atoms with Crippen molar-refractivity contribution in [3.05, 3.63) is 146 Å². The fraction of sp³-hybridized carbons (Fsp3) is 0.0500. The van der Waals surface area contributed by atoms with Crippen molar-refractivity contribution in [1.82, 2.24) is 19.9 Å². The molecule has 0 saturated carbocycles. The van der Waals surface area contributed by atoms with E-state index < -0.39 is 0 Å². The molecule has 0 unspecified atom stereocenters. The van der Waals surface area contributed by atoms with E-state index in [9.17, 15) is 0 Å². The zero-order valence-corrected chi connectivity index (χ0v) is 25.9. The van der Waals surface area contributed by atoms with Gasteiger partial charge in [0.2, 0.25) is 0 Å². The molecular formula is C40H30N4S. The first-order valence-electron chi connectivity index (χ1n) is 15.1. The monoisotopic (exact) mass is 598 g/mol. The van der Waals surface area contributed by atoms with Gasteiger partial charge in [0.25, 0.3) is 0 Å². The van der Waals surface area contributed by atoms with Crippen molar-refractivity contribution < 1.29 is 0 Å². The molecule has 216 valence electrons. The Morgan fingerprint density at radius 1 is 0.444 bits per heavy atom. The fourth-order valence-electron chi connectivity index (χ4n) is 5.51. The number of rotatable bonds is 5. The van der Waals surface area contributed by atoms with E-state index in [0.29, 0.717) is 17.5 Å². The lowest BCUT2D eigenvalue weighted by atomic mass is 9.98. The Hall–Kier alpha value is -5.52. The van der Waals surface area contributed by atoms with Crippen LogP contribution in [0.4, 0.5) is 0 Å². The van der Waals surface area contributed by atoms with Crippen LogP contribution in [0.2, 0.25) is 0 Å². The average molecular weight is 599 g/mol. The van der Waals surface area contributed by atoms with E-state index in [2.05, 4.69) is 71.7 Å². The van der Waals surface area contributed by atoms with Gasteiger partial charge in [0.05, 0.1) is 0 Å². The van der Waals surface area contributed by atoms with Gasteiger partial charge in [-0.2, -0.15) is 0 Å². The molecule has 0 bridgehead atoms. The first-order chi connectivity index (χ1) is 22.3. The Morgan fingerprint density at radius 3 is 1.64 bits per heavy atom. The van der Waals surface area contributed by atoms with E-state index >= 15 is 0 Å². The molecule has 0 atom stereocenters. The average Bonchev–Trinajstić information content (AvgIpc) is 3.52. The van der Waals surface area contributed by atoms with E-state index in [1.54, 1.807) is 17.5 Å². The number of thiophene rings is 1. The molecule has 0 radical (unpaired) electrons. The van der Waals surface area contributed by atoms with Crippen LogP contribution in [0.3, 0.4) is 0 Å². The molecule has 0 N–H and O–H groups in total. The summed E-state index contributed by atoms with van der Waals surface area (Å²) in [6.07, 6.45) is 3.70. The van der Waals surface area contributed by atoms with E-state index in [1.165, 1.54) is 31.3 Å². The molecule has 8 rings (SSSR count). The maximum atomic E-state index is 5.03. The minimum Gasteiger partial charge on any atom is -0.264 e. The first kappa shape index (κ1) is 28.3. The van der Waals surface area contributed by atoms with Crippen LogP contribution < -0.4 is 0 Å². The molecule has 0 fully saturated rings. The standard InChI is InChI=1S/C38H24N4S.C2H6/c1-3-9-27(10-4-1)36-40-37(28-11-5-2-6-12-28)42-38(41-36)31-14-7-15-34-35(31)32-23-29(20-21-33(32)43-34)25-16-18-26(19-17-25)30-13-8-22-39-24-30;1-2/h1-24H;1-2H3. The summed E-state index contributed by atoms with van der Waals surface area (Å²) in [4.78, 5) is 19.2. The Balaban J connectivity index is 0.00000160. The van der Waals surface area contributed by atoms with Crippen molar-refractivity contribution in [2.45, 2.75) is 13.8 Å². The van der Waals surface area contributed by atoms with Crippen molar-refractivity contribution in [2.24, 2.45) is 0 Å². The van der Waals surface area contributed by atoms with E-state index in [4.69, 9.17) is 15.0 Å². The highest BCUT2D eigenvalue weighted by atomic mass is 32.1. The minimum atomic E-state index is 0.662. The highest BCUT2D eigenvalue weighted by Crippen LogP contribution is 2.41. The third-order valence-corrected chi connectivity index (χ3v) is 8.78. The summed E-state index contributed by atoms with van der Waals surface area (Å²) >= 11 is 1.80. The van der Waals surface area contributed by atoms with Crippen molar-refractivity contribution in [2.75, 3.05) is 0 Å². The molecule has 5 aromatic carbocycles. The molecule has 8 aromatic rings. The predicted molar refractivity (Wildman–Crippen MR) is 189 cm³/mol. The van der Waals surface area contributed by atoms with Crippen LogP contribution in [0.5, 0.6) is 0 Å². The maximum Gasteiger partial charge on any atom is 0.164 e.